The minimum Gasteiger partial charge on any atom is -0.508 e. The minimum absolute atomic E-state index is 0.162. The van der Waals surface area contributed by atoms with E-state index >= 15 is 0 Å². The van der Waals surface area contributed by atoms with Gasteiger partial charge in [-0.05, 0) is 49.6 Å². The van der Waals surface area contributed by atoms with Gasteiger partial charge in [0, 0.05) is 17.8 Å². The summed E-state index contributed by atoms with van der Waals surface area (Å²) in [6.07, 6.45) is 6.59. The standard InChI is InChI=1S/C19H21NO3/c1-13(2)4-7-17-18(22)10-14(11-19(17)23-3)5-6-15-12-16(21)8-9-20-15/h5-6,8-12,22H,1,4,7H2,2-3H3,(H,20,21). The van der Waals surface area contributed by atoms with Crippen LogP contribution in [0.25, 0.3) is 12.2 Å². The smallest absolute Gasteiger partial charge is 0.126 e. The van der Waals surface area contributed by atoms with Crippen molar-refractivity contribution in [3.8, 4) is 17.2 Å². The Bertz CT molecular complexity index is 735. The summed E-state index contributed by atoms with van der Waals surface area (Å²) in [6, 6.07) is 6.64. The Morgan fingerprint density at radius 3 is 2.70 bits per heavy atom. The number of pyridine rings is 1. The van der Waals surface area contributed by atoms with Gasteiger partial charge >= 0.3 is 0 Å². The van der Waals surface area contributed by atoms with E-state index in [4.69, 9.17) is 4.74 Å². The van der Waals surface area contributed by atoms with Gasteiger partial charge in [0.15, 0.2) is 0 Å². The maximum absolute atomic E-state index is 10.3. The second kappa shape index (κ2) is 7.49. The van der Waals surface area contributed by atoms with E-state index in [2.05, 4.69) is 11.6 Å². The number of nitrogens with zero attached hydrogens (tertiary/aromatic N) is 1. The maximum atomic E-state index is 10.3. The average Bonchev–Trinajstić information content (AvgIpc) is 2.51. The van der Waals surface area contributed by atoms with Crippen molar-refractivity contribution < 1.29 is 14.9 Å². The van der Waals surface area contributed by atoms with Gasteiger partial charge in [0.05, 0.1) is 12.8 Å². The van der Waals surface area contributed by atoms with E-state index in [9.17, 15) is 10.2 Å². The molecule has 23 heavy (non-hydrogen) atoms. The summed E-state index contributed by atoms with van der Waals surface area (Å²) in [6.45, 7) is 5.84. The lowest BCUT2D eigenvalue weighted by molar-refractivity contribution is 0.399. The Kier molecular flexibility index (Phi) is 5.41. The van der Waals surface area contributed by atoms with Crippen LogP contribution in [0.5, 0.6) is 17.2 Å². The lowest BCUT2D eigenvalue weighted by Crippen LogP contribution is -1.95. The molecule has 4 heteroatoms. The number of ether oxygens (including phenoxy) is 1. The van der Waals surface area contributed by atoms with Crippen molar-refractivity contribution in [1.29, 1.82) is 0 Å². The van der Waals surface area contributed by atoms with Crippen LogP contribution >= 0.6 is 0 Å². The van der Waals surface area contributed by atoms with Gasteiger partial charge < -0.3 is 14.9 Å². The predicted molar refractivity (Wildman–Crippen MR) is 92.6 cm³/mol. The number of aromatic nitrogens is 1. The lowest BCUT2D eigenvalue weighted by Gasteiger charge is -2.12. The maximum Gasteiger partial charge on any atom is 0.126 e. The molecule has 0 radical (unpaired) electrons. The summed E-state index contributed by atoms with van der Waals surface area (Å²) in [7, 11) is 1.59. The largest absolute Gasteiger partial charge is 0.508 e. The van der Waals surface area contributed by atoms with E-state index < -0.39 is 0 Å². The van der Waals surface area contributed by atoms with Crippen molar-refractivity contribution in [3.05, 3.63) is 59.4 Å². The summed E-state index contributed by atoms with van der Waals surface area (Å²) in [4.78, 5) is 4.14. The van der Waals surface area contributed by atoms with E-state index in [0.29, 0.717) is 17.9 Å². The Balaban J connectivity index is 2.26. The van der Waals surface area contributed by atoms with Gasteiger partial charge in [0.25, 0.3) is 0 Å². The molecule has 0 aliphatic heterocycles. The van der Waals surface area contributed by atoms with Crippen LogP contribution < -0.4 is 4.74 Å². The molecular formula is C19H21NO3. The zero-order valence-electron chi connectivity index (χ0n) is 13.4. The van der Waals surface area contributed by atoms with Crippen molar-refractivity contribution in [3.63, 3.8) is 0 Å². The average molecular weight is 311 g/mol. The third-order valence-electron chi connectivity index (χ3n) is 3.44. The molecular weight excluding hydrogens is 290 g/mol. The number of hydrogen-bond donors (Lipinski definition) is 2. The fraction of sp³-hybridized carbons (Fsp3) is 0.211. The molecule has 0 saturated heterocycles. The molecule has 2 rings (SSSR count). The minimum atomic E-state index is 0.162. The van der Waals surface area contributed by atoms with Crippen LogP contribution in [0.1, 0.15) is 30.2 Å². The molecule has 1 aromatic carbocycles. The van der Waals surface area contributed by atoms with Gasteiger partial charge in [-0.15, -0.1) is 6.58 Å². The highest BCUT2D eigenvalue weighted by Crippen LogP contribution is 2.32. The molecule has 0 fully saturated rings. The molecule has 0 saturated carbocycles. The molecule has 0 atom stereocenters. The fourth-order valence-electron chi connectivity index (χ4n) is 2.23. The molecule has 0 bridgehead atoms. The predicted octanol–water partition coefficient (Wildman–Crippen LogP) is 4.18. The highest BCUT2D eigenvalue weighted by atomic mass is 16.5. The first-order chi connectivity index (χ1) is 11.0. The van der Waals surface area contributed by atoms with Gasteiger partial charge in [-0.1, -0.05) is 11.6 Å². The van der Waals surface area contributed by atoms with Crippen LogP contribution in [0.4, 0.5) is 0 Å². The molecule has 0 amide bonds. The fourth-order valence-corrected chi connectivity index (χ4v) is 2.23. The molecule has 0 spiro atoms. The highest BCUT2D eigenvalue weighted by Gasteiger charge is 2.10. The first-order valence-corrected chi connectivity index (χ1v) is 7.37. The zero-order chi connectivity index (χ0) is 16.8. The topological polar surface area (TPSA) is 62.6 Å². The Labute approximate surface area is 136 Å². The molecule has 1 heterocycles. The highest BCUT2D eigenvalue weighted by molar-refractivity contribution is 5.70. The second-order valence-electron chi connectivity index (χ2n) is 5.45. The number of allylic oxidation sites excluding steroid dienone is 1. The van der Waals surface area contributed by atoms with Gasteiger partial charge in [-0.3, -0.25) is 4.98 Å². The summed E-state index contributed by atoms with van der Waals surface area (Å²) >= 11 is 0. The van der Waals surface area contributed by atoms with Gasteiger partial charge in [0.2, 0.25) is 0 Å². The molecule has 0 unspecified atom stereocenters. The number of rotatable bonds is 6. The Hall–Kier alpha value is -2.75. The van der Waals surface area contributed by atoms with Crippen LogP contribution in [0.3, 0.4) is 0 Å². The quantitative estimate of drug-likeness (QED) is 0.786. The molecule has 1 aromatic heterocycles. The van der Waals surface area contributed by atoms with Crippen molar-refractivity contribution in [1.82, 2.24) is 4.98 Å². The third-order valence-corrected chi connectivity index (χ3v) is 3.44. The third kappa shape index (κ3) is 4.61. The molecule has 2 aromatic rings. The van der Waals surface area contributed by atoms with Gasteiger partial charge in [0.1, 0.15) is 17.2 Å². The first kappa shape index (κ1) is 16.6. The van der Waals surface area contributed by atoms with Crippen molar-refractivity contribution in [2.24, 2.45) is 0 Å². The van der Waals surface area contributed by atoms with E-state index in [0.717, 1.165) is 23.1 Å². The Morgan fingerprint density at radius 2 is 2.04 bits per heavy atom. The molecule has 120 valence electrons. The molecule has 0 aliphatic carbocycles. The van der Waals surface area contributed by atoms with Crippen molar-refractivity contribution >= 4 is 12.2 Å². The summed E-state index contributed by atoms with van der Waals surface area (Å²) < 4.78 is 5.39. The number of hydrogen-bond acceptors (Lipinski definition) is 4. The zero-order valence-corrected chi connectivity index (χ0v) is 13.4. The summed E-state index contributed by atoms with van der Waals surface area (Å²) in [5.41, 5.74) is 3.27. The van der Waals surface area contributed by atoms with E-state index in [1.807, 2.05) is 19.1 Å². The first-order valence-electron chi connectivity index (χ1n) is 7.37. The number of methoxy groups -OCH3 is 1. The van der Waals surface area contributed by atoms with Crippen LogP contribution in [-0.2, 0) is 6.42 Å². The van der Waals surface area contributed by atoms with Crippen LogP contribution in [-0.4, -0.2) is 22.3 Å². The van der Waals surface area contributed by atoms with Crippen LogP contribution in [0.15, 0.2) is 42.6 Å². The normalized spacial score (nSPS) is 10.9. The second-order valence-corrected chi connectivity index (χ2v) is 5.45. The van der Waals surface area contributed by atoms with E-state index in [-0.39, 0.29) is 11.5 Å². The lowest BCUT2D eigenvalue weighted by atomic mass is 10.0. The monoisotopic (exact) mass is 311 g/mol. The number of aromatic hydroxyl groups is 2. The molecule has 2 N–H and O–H groups in total. The van der Waals surface area contributed by atoms with Crippen molar-refractivity contribution in [2.75, 3.05) is 7.11 Å². The van der Waals surface area contributed by atoms with Crippen molar-refractivity contribution in [2.45, 2.75) is 19.8 Å². The number of phenolic OH excluding ortho intramolecular Hbond substituents is 1. The Morgan fingerprint density at radius 1 is 1.26 bits per heavy atom. The van der Waals surface area contributed by atoms with Gasteiger partial charge in [-0.2, -0.15) is 0 Å². The summed E-state index contributed by atoms with van der Waals surface area (Å²) in [5, 5.41) is 19.7. The van der Waals surface area contributed by atoms with E-state index in [1.54, 1.807) is 25.3 Å². The summed E-state index contributed by atoms with van der Waals surface area (Å²) in [5.74, 6) is 1.01. The number of benzene rings is 1. The number of phenols is 1. The van der Waals surface area contributed by atoms with Crippen LogP contribution in [0, 0.1) is 0 Å². The SMILES string of the molecule is C=C(C)CCc1c(O)cc(C=Cc2cc(O)ccn2)cc1OC. The van der Waals surface area contributed by atoms with E-state index in [1.165, 1.54) is 12.3 Å². The van der Waals surface area contributed by atoms with Crippen LogP contribution in [0.2, 0.25) is 0 Å². The molecule has 0 aliphatic rings. The van der Waals surface area contributed by atoms with Gasteiger partial charge in [-0.25, -0.2) is 0 Å². The molecule has 4 nitrogen and oxygen atoms in total.